The lowest BCUT2D eigenvalue weighted by Gasteiger charge is -1.94. The minimum atomic E-state index is -0.399. The zero-order valence-corrected chi connectivity index (χ0v) is 6.10. The summed E-state index contributed by atoms with van der Waals surface area (Å²) in [7, 11) is 0. The molecule has 0 fully saturated rings. The highest BCUT2D eigenvalue weighted by molar-refractivity contribution is 5.77. The lowest BCUT2D eigenvalue weighted by molar-refractivity contribution is 0.629. The lowest BCUT2D eigenvalue weighted by Crippen LogP contribution is -2.02. The summed E-state index contributed by atoms with van der Waals surface area (Å²) >= 11 is 0. The molecule has 59 valence electrons. The van der Waals surface area contributed by atoms with Gasteiger partial charge in [-0.05, 0) is 24.3 Å². The Kier molecular flexibility index (Phi) is 1.43. The topological polar surface area (TPSA) is 32.9 Å². The van der Waals surface area contributed by atoms with Gasteiger partial charge < -0.3 is 4.98 Å². The Hall–Kier alpha value is -1.64. The summed E-state index contributed by atoms with van der Waals surface area (Å²) in [6.45, 7) is 0. The third kappa shape index (κ3) is 1.09. The van der Waals surface area contributed by atoms with Crippen LogP contribution in [0.15, 0.2) is 29.1 Å². The van der Waals surface area contributed by atoms with Gasteiger partial charge in [-0.2, -0.15) is 0 Å². The fraction of sp³-hybridized carbons (Fsp3) is 0. The second-order valence-electron chi connectivity index (χ2n) is 2.47. The molecule has 0 unspecified atom stereocenters. The van der Waals surface area contributed by atoms with Crippen molar-refractivity contribution in [2.75, 3.05) is 0 Å². The third-order valence-electron chi connectivity index (χ3n) is 1.60. The molecule has 2 rings (SSSR count). The van der Waals surface area contributed by atoms with E-state index < -0.39 is 5.82 Å². The first-order chi connectivity index (χ1) is 5.75. The van der Waals surface area contributed by atoms with E-state index in [4.69, 9.17) is 0 Å². The van der Waals surface area contributed by atoms with Crippen LogP contribution in [0.3, 0.4) is 0 Å². The van der Waals surface area contributed by atoms with Gasteiger partial charge in [0.05, 0.1) is 5.52 Å². The van der Waals surface area contributed by atoms with Crippen molar-refractivity contribution in [3.05, 3.63) is 46.5 Å². The summed E-state index contributed by atoms with van der Waals surface area (Å²) < 4.78 is 12.6. The minimum absolute atomic E-state index is 0.235. The van der Waals surface area contributed by atoms with Gasteiger partial charge in [0.25, 0.3) is 0 Å². The van der Waals surface area contributed by atoms with E-state index in [0.717, 1.165) is 0 Å². The van der Waals surface area contributed by atoms with Crippen LogP contribution in [0.5, 0.6) is 0 Å². The molecular weight excluding hydrogens is 157 g/mol. The molecular formula is C9H5FNO. The number of nitrogens with one attached hydrogen (secondary N) is 1. The van der Waals surface area contributed by atoms with Crippen LogP contribution in [0.1, 0.15) is 0 Å². The molecule has 0 saturated heterocycles. The number of pyridine rings is 1. The molecule has 0 aliphatic heterocycles. The molecule has 0 saturated carbocycles. The SMILES string of the molecule is O=c1ccc2[c]cc(F)cc2[nH]1. The highest BCUT2D eigenvalue weighted by Gasteiger charge is 1.95. The number of fused-ring (bicyclic) bond motifs is 1. The Morgan fingerprint density at radius 3 is 3.08 bits per heavy atom. The molecule has 0 aliphatic carbocycles. The van der Waals surface area contributed by atoms with Gasteiger partial charge in [0, 0.05) is 11.5 Å². The number of benzene rings is 1. The van der Waals surface area contributed by atoms with Crippen molar-refractivity contribution in [1.29, 1.82) is 0 Å². The number of H-pyrrole nitrogens is 1. The van der Waals surface area contributed by atoms with Crippen molar-refractivity contribution in [3.8, 4) is 0 Å². The van der Waals surface area contributed by atoms with Crippen LogP contribution < -0.4 is 5.56 Å². The van der Waals surface area contributed by atoms with Crippen molar-refractivity contribution < 1.29 is 4.39 Å². The average Bonchev–Trinajstić information content (AvgIpc) is 2.03. The average molecular weight is 162 g/mol. The fourth-order valence-electron chi connectivity index (χ4n) is 1.06. The molecule has 3 heteroatoms. The van der Waals surface area contributed by atoms with Gasteiger partial charge in [-0.25, -0.2) is 4.39 Å². The molecule has 12 heavy (non-hydrogen) atoms. The van der Waals surface area contributed by atoms with Crippen LogP contribution in [0, 0.1) is 11.9 Å². The quantitative estimate of drug-likeness (QED) is 0.625. The summed E-state index contributed by atoms with van der Waals surface area (Å²) in [5.41, 5.74) is 0.240. The Morgan fingerprint density at radius 2 is 2.25 bits per heavy atom. The number of halogens is 1. The number of hydrogen-bond donors (Lipinski definition) is 1. The number of rotatable bonds is 0. The molecule has 2 nitrogen and oxygen atoms in total. The zero-order valence-electron chi connectivity index (χ0n) is 6.10. The van der Waals surface area contributed by atoms with Crippen LogP contribution in [0.2, 0.25) is 0 Å². The van der Waals surface area contributed by atoms with E-state index in [9.17, 15) is 9.18 Å². The summed E-state index contributed by atoms with van der Waals surface area (Å²) in [6.07, 6.45) is 0. The second-order valence-corrected chi connectivity index (χ2v) is 2.47. The van der Waals surface area contributed by atoms with Gasteiger partial charge in [-0.15, -0.1) is 0 Å². The summed E-state index contributed by atoms with van der Waals surface area (Å²) in [5, 5.41) is 0.705. The van der Waals surface area contributed by atoms with Crippen molar-refractivity contribution >= 4 is 10.9 Å². The molecule has 1 heterocycles. The van der Waals surface area contributed by atoms with Crippen LogP contribution in [0.4, 0.5) is 4.39 Å². The van der Waals surface area contributed by atoms with Crippen LogP contribution in [-0.2, 0) is 0 Å². The first-order valence-corrected chi connectivity index (χ1v) is 3.46. The van der Waals surface area contributed by atoms with Gasteiger partial charge in [0.15, 0.2) is 0 Å². The standard InChI is InChI=1S/C9H5FNO/c10-7-3-1-6-2-4-9(12)11-8(6)5-7/h2-5H,(H,11,12). The molecule has 0 aliphatic rings. The van der Waals surface area contributed by atoms with E-state index in [1.807, 2.05) is 0 Å². The van der Waals surface area contributed by atoms with Crippen LogP contribution >= 0.6 is 0 Å². The fourth-order valence-corrected chi connectivity index (χ4v) is 1.06. The Balaban J connectivity index is 2.89. The van der Waals surface area contributed by atoms with E-state index >= 15 is 0 Å². The van der Waals surface area contributed by atoms with E-state index in [1.54, 1.807) is 6.07 Å². The molecule has 0 atom stereocenters. The Morgan fingerprint density at radius 1 is 1.42 bits per heavy atom. The minimum Gasteiger partial charge on any atom is -0.322 e. The summed E-state index contributed by atoms with van der Waals surface area (Å²) in [4.78, 5) is 13.3. The van der Waals surface area contributed by atoms with Gasteiger partial charge in [-0.1, -0.05) is 0 Å². The third-order valence-corrected chi connectivity index (χ3v) is 1.60. The van der Waals surface area contributed by atoms with Crippen molar-refractivity contribution in [1.82, 2.24) is 4.98 Å². The smallest absolute Gasteiger partial charge is 0.248 e. The van der Waals surface area contributed by atoms with E-state index in [-0.39, 0.29) is 5.56 Å². The van der Waals surface area contributed by atoms with Gasteiger partial charge in [-0.3, -0.25) is 4.79 Å². The number of aromatic nitrogens is 1. The van der Waals surface area contributed by atoms with Crippen LogP contribution in [0.25, 0.3) is 10.9 Å². The molecule has 1 N–H and O–H groups in total. The monoisotopic (exact) mass is 162 g/mol. The number of hydrogen-bond acceptors (Lipinski definition) is 1. The van der Waals surface area contributed by atoms with Crippen molar-refractivity contribution in [2.45, 2.75) is 0 Å². The number of aromatic amines is 1. The highest BCUT2D eigenvalue weighted by Crippen LogP contribution is 2.09. The Bertz CT molecular complexity index is 475. The van der Waals surface area contributed by atoms with Crippen LogP contribution in [-0.4, -0.2) is 4.98 Å². The molecule has 0 bridgehead atoms. The van der Waals surface area contributed by atoms with E-state index in [0.29, 0.717) is 10.9 Å². The predicted octanol–water partition coefficient (Wildman–Crippen LogP) is 1.47. The van der Waals surface area contributed by atoms with Gasteiger partial charge >= 0.3 is 0 Å². The molecule has 1 aromatic heterocycles. The highest BCUT2D eigenvalue weighted by atomic mass is 19.1. The van der Waals surface area contributed by atoms with Gasteiger partial charge in [0.2, 0.25) is 5.56 Å². The van der Waals surface area contributed by atoms with Gasteiger partial charge in [0.1, 0.15) is 5.82 Å². The summed E-state index contributed by atoms with van der Waals surface area (Å²) in [6, 6.07) is 8.20. The molecule has 0 spiro atoms. The molecule has 1 aromatic carbocycles. The normalized spacial score (nSPS) is 10.4. The van der Waals surface area contributed by atoms with E-state index in [2.05, 4.69) is 11.1 Å². The summed E-state index contributed by atoms with van der Waals surface area (Å²) in [5.74, 6) is -0.399. The second kappa shape index (κ2) is 2.44. The molecule has 2 aromatic rings. The lowest BCUT2D eigenvalue weighted by atomic mass is 10.2. The predicted molar refractivity (Wildman–Crippen MR) is 43.4 cm³/mol. The van der Waals surface area contributed by atoms with E-state index in [1.165, 1.54) is 18.2 Å². The zero-order chi connectivity index (χ0) is 8.55. The first kappa shape index (κ1) is 7.03. The maximum Gasteiger partial charge on any atom is 0.248 e. The maximum atomic E-state index is 12.6. The molecule has 1 radical (unpaired) electrons. The van der Waals surface area contributed by atoms with Crippen molar-refractivity contribution in [2.24, 2.45) is 0 Å². The largest absolute Gasteiger partial charge is 0.322 e. The first-order valence-electron chi connectivity index (χ1n) is 3.46. The Labute approximate surface area is 67.7 Å². The van der Waals surface area contributed by atoms with Crippen molar-refractivity contribution in [3.63, 3.8) is 0 Å². The molecule has 0 amide bonds. The maximum absolute atomic E-state index is 12.6.